The first-order chi connectivity index (χ1) is 11.1. The highest BCUT2D eigenvalue weighted by Gasteiger charge is 2.29. The summed E-state index contributed by atoms with van der Waals surface area (Å²) in [5.41, 5.74) is 2.66. The number of hydrogen-bond acceptors (Lipinski definition) is 3. The number of nitrogens with zero attached hydrogens (tertiary/aromatic N) is 2. The van der Waals surface area contributed by atoms with Crippen molar-refractivity contribution in [2.24, 2.45) is 0 Å². The molecule has 4 nitrogen and oxygen atoms in total. The van der Waals surface area contributed by atoms with Gasteiger partial charge in [-0.25, -0.2) is 0 Å². The highest BCUT2D eigenvalue weighted by atomic mass is 35.5. The van der Waals surface area contributed by atoms with Crippen LogP contribution in [0.5, 0.6) is 0 Å². The van der Waals surface area contributed by atoms with Crippen LogP contribution in [0.1, 0.15) is 41.7 Å². The Morgan fingerprint density at radius 1 is 1.35 bits per heavy atom. The lowest BCUT2D eigenvalue weighted by molar-refractivity contribution is 0.0657. The minimum Gasteiger partial charge on any atom is -0.333 e. The molecule has 2 aliphatic rings. The second-order valence-electron chi connectivity index (χ2n) is 6.58. The maximum absolute atomic E-state index is 13.2. The number of fused-ring (bicyclic) bond motifs is 1. The Kier molecular flexibility index (Phi) is 3.74. The normalized spacial score (nSPS) is 21.7. The van der Waals surface area contributed by atoms with Gasteiger partial charge in [0, 0.05) is 47.7 Å². The van der Waals surface area contributed by atoms with Crippen LogP contribution in [0.2, 0.25) is 5.02 Å². The summed E-state index contributed by atoms with van der Waals surface area (Å²) >= 11 is 6.16. The summed E-state index contributed by atoms with van der Waals surface area (Å²) in [6.07, 6.45) is 2.34. The smallest absolute Gasteiger partial charge is 0.254 e. The number of aromatic nitrogens is 1. The summed E-state index contributed by atoms with van der Waals surface area (Å²) < 4.78 is 0. The Hall–Kier alpha value is -1.65. The molecule has 5 heteroatoms. The zero-order chi connectivity index (χ0) is 16.0. The van der Waals surface area contributed by atoms with Gasteiger partial charge in [-0.1, -0.05) is 11.6 Å². The number of rotatable bonds is 2. The lowest BCUT2D eigenvalue weighted by atomic mass is 10.0. The maximum Gasteiger partial charge on any atom is 0.254 e. The average molecular weight is 330 g/mol. The van der Waals surface area contributed by atoms with Gasteiger partial charge in [-0.15, -0.1) is 0 Å². The highest BCUT2D eigenvalue weighted by molar-refractivity contribution is 6.31. The first-order valence-electron chi connectivity index (χ1n) is 8.25. The Balaban J connectivity index is 1.83. The summed E-state index contributed by atoms with van der Waals surface area (Å²) in [7, 11) is 0. The summed E-state index contributed by atoms with van der Waals surface area (Å²) in [5.74, 6) is 0.609. The molecule has 0 unspecified atom stereocenters. The molecule has 2 fully saturated rings. The number of amides is 1. The second kappa shape index (κ2) is 5.77. The third-order valence-electron chi connectivity index (χ3n) is 4.78. The molecule has 0 spiro atoms. The fourth-order valence-electron chi connectivity index (χ4n) is 3.28. The number of hydrogen-bond donors (Lipinski definition) is 1. The molecule has 23 heavy (non-hydrogen) atoms. The Morgan fingerprint density at radius 3 is 2.91 bits per heavy atom. The molecule has 1 aliphatic carbocycles. The molecule has 120 valence electrons. The van der Waals surface area contributed by atoms with Crippen LogP contribution in [0, 0.1) is 0 Å². The maximum atomic E-state index is 13.2. The van der Waals surface area contributed by atoms with Crippen LogP contribution in [0.25, 0.3) is 10.9 Å². The Labute approximate surface area is 140 Å². The van der Waals surface area contributed by atoms with Crippen molar-refractivity contribution in [3.05, 3.63) is 40.5 Å². The van der Waals surface area contributed by atoms with E-state index in [9.17, 15) is 4.79 Å². The van der Waals surface area contributed by atoms with Crippen LogP contribution in [0.3, 0.4) is 0 Å². The number of nitrogens with one attached hydrogen (secondary N) is 1. The van der Waals surface area contributed by atoms with E-state index in [0.717, 1.165) is 41.8 Å². The highest BCUT2D eigenvalue weighted by Crippen LogP contribution is 2.40. The number of halogens is 1. The molecule has 1 amide bonds. The second-order valence-corrected chi connectivity index (χ2v) is 7.02. The molecular formula is C18H20ClN3O. The van der Waals surface area contributed by atoms with Crippen molar-refractivity contribution in [2.75, 3.05) is 19.6 Å². The van der Waals surface area contributed by atoms with Gasteiger partial charge in [0.2, 0.25) is 0 Å². The number of carbonyl (C=O) groups is 1. The van der Waals surface area contributed by atoms with Crippen molar-refractivity contribution >= 4 is 28.4 Å². The van der Waals surface area contributed by atoms with Gasteiger partial charge in [0.25, 0.3) is 5.91 Å². The predicted octanol–water partition coefficient (Wildman–Crippen LogP) is 3.20. The van der Waals surface area contributed by atoms with E-state index in [-0.39, 0.29) is 11.9 Å². The van der Waals surface area contributed by atoms with E-state index >= 15 is 0 Å². The van der Waals surface area contributed by atoms with E-state index in [1.807, 2.05) is 29.2 Å². The average Bonchev–Trinajstić information content (AvgIpc) is 3.38. The first kappa shape index (κ1) is 14.9. The monoisotopic (exact) mass is 329 g/mol. The van der Waals surface area contributed by atoms with Crippen molar-refractivity contribution in [1.29, 1.82) is 0 Å². The molecular weight excluding hydrogens is 310 g/mol. The van der Waals surface area contributed by atoms with E-state index in [2.05, 4.69) is 12.2 Å². The van der Waals surface area contributed by atoms with E-state index in [4.69, 9.17) is 16.6 Å². The quantitative estimate of drug-likeness (QED) is 0.920. The number of carbonyl (C=O) groups excluding carboxylic acids is 1. The van der Waals surface area contributed by atoms with Gasteiger partial charge in [-0.2, -0.15) is 0 Å². The van der Waals surface area contributed by atoms with E-state index < -0.39 is 0 Å². The standard InChI is InChI=1S/C18H20ClN3O/c1-11-10-20-6-7-22(11)18(23)15-9-17(12-2-3-12)21-16-5-4-13(19)8-14(15)16/h4-5,8-9,11-12,20H,2-3,6-7,10H2,1H3/t11-/m0/s1. The van der Waals surface area contributed by atoms with Crippen molar-refractivity contribution < 1.29 is 4.79 Å². The number of benzene rings is 1. The Bertz CT molecular complexity index is 772. The number of piperazine rings is 1. The first-order valence-corrected chi connectivity index (χ1v) is 8.63. The van der Waals surface area contributed by atoms with Crippen LogP contribution < -0.4 is 5.32 Å². The SMILES string of the molecule is C[C@H]1CNCCN1C(=O)c1cc(C2CC2)nc2ccc(Cl)cc12. The molecule has 1 aromatic carbocycles. The zero-order valence-corrected chi connectivity index (χ0v) is 13.9. The van der Waals surface area contributed by atoms with E-state index in [1.54, 1.807) is 0 Å². The summed E-state index contributed by atoms with van der Waals surface area (Å²) in [6, 6.07) is 7.81. The predicted molar refractivity (Wildman–Crippen MR) is 92.1 cm³/mol. The molecule has 1 aromatic heterocycles. The lowest BCUT2D eigenvalue weighted by Gasteiger charge is -2.34. The van der Waals surface area contributed by atoms with Crippen molar-refractivity contribution in [1.82, 2.24) is 15.2 Å². The van der Waals surface area contributed by atoms with Gasteiger partial charge in [0.15, 0.2) is 0 Å². The molecule has 2 aromatic rings. The third-order valence-corrected chi connectivity index (χ3v) is 5.01. The molecule has 0 bridgehead atoms. The van der Waals surface area contributed by atoms with E-state index in [1.165, 1.54) is 12.8 Å². The van der Waals surface area contributed by atoms with Gasteiger partial charge >= 0.3 is 0 Å². The van der Waals surface area contributed by atoms with Crippen molar-refractivity contribution in [3.8, 4) is 0 Å². The molecule has 2 heterocycles. The molecule has 4 rings (SSSR count). The molecule has 1 saturated heterocycles. The van der Waals surface area contributed by atoms with Crippen LogP contribution in [-0.4, -0.2) is 41.5 Å². The number of pyridine rings is 1. The van der Waals surface area contributed by atoms with E-state index in [0.29, 0.717) is 10.9 Å². The van der Waals surface area contributed by atoms with Gasteiger partial charge in [-0.3, -0.25) is 9.78 Å². The lowest BCUT2D eigenvalue weighted by Crippen LogP contribution is -2.52. The van der Waals surface area contributed by atoms with Gasteiger partial charge < -0.3 is 10.2 Å². The van der Waals surface area contributed by atoms with Crippen LogP contribution >= 0.6 is 11.6 Å². The largest absolute Gasteiger partial charge is 0.333 e. The molecule has 1 aliphatic heterocycles. The molecule has 1 saturated carbocycles. The van der Waals surface area contributed by atoms with Crippen LogP contribution in [0.4, 0.5) is 0 Å². The minimum absolute atomic E-state index is 0.0931. The van der Waals surface area contributed by atoms with Crippen molar-refractivity contribution in [3.63, 3.8) is 0 Å². The topological polar surface area (TPSA) is 45.2 Å². The molecule has 1 N–H and O–H groups in total. The van der Waals surface area contributed by atoms with Crippen LogP contribution in [0.15, 0.2) is 24.3 Å². The van der Waals surface area contributed by atoms with Gasteiger partial charge in [-0.05, 0) is 44.0 Å². The fraction of sp³-hybridized carbons (Fsp3) is 0.444. The van der Waals surface area contributed by atoms with Crippen molar-refractivity contribution in [2.45, 2.75) is 31.7 Å². The molecule has 1 atom stereocenters. The summed E-state index contributed by atoms with van der Waals surface area (Å²) in [5, 5.41) is 4.83. The van der Waals surface area contributed by atoms with Gasteiger partial charge in [0.05, 0.1) is 11.1 Å². The van der Waals surface area contributed by atoms with Gasteiger partial charge in [0.1, 0.15) is 0 Å². The summed E-state index contributed by atoms with van der Waals surface area (Å²) in [4.78, 5) is 19.9. The summed E-state index contributed by atoms with van der Waals surface area (Å²) in [6.45, 7) is 4.51. The Morgan fingerprint density at radius 2 is 2.17 bits per heavy atom. The molecule has 0 radical (unpaired) electrons. The minimum atomic E-state index is 0.0931. The third kappa shape index (κ3) is 2.81. The van der Waals surface area contributed by atoms with Crippen LogP contribution in [-0.2, 0) is 0 Å². The fourth-order valence-corrected chi connectivity index (χ4v) is 3.45. The zero-order valence-electron chi connectivity index (χ0n) is 13.2.